The largest absolute Gasteiger partial charge is 0.522 e. The number of rotatable bonds is 4. The Morgan fingerprint density at radius 2 is 1.89 bits per heavy atom. The SMILES string of the molecule is CCCCCn1ccnc1C.O=S(=O)(O)C(F)(F)F. The number of nitrogens with zero attached hydrogens (tertiary/aromatic N) is 2. The molecule has 0 aliphatic carbocycles. The maximum absolute atomic E-state index is 10.7. The number of halogens is 3. The summed E-state index contributed by atoms with van der Waals surface area (Å²) < 4.78 is 59.7. The number of aromatic nitrogens is 2. The van der Waals surface area contributed by atoms with Gasteiger partial charge in [0.05, 0.1) is 0 Å². The Kier molecular flexibility index (Phi) is 7.06. The minimum atomic E-state index is -5.84. The van der Waals surface area contributed by atoms with Gasteiger partial charge in [-0.2, -0.15) is 21.6 Å². The molecule has 1 aromatic rings. The Balaban J connectivity index is 0.000000362. The monoisotopic (exact) mass is 302 g/mol. The lowest BCUT2D eigenvalue weighted by Gasteiger charge is -2.02. The third-order valence-corrected chi connectivity index (χ3v) is 2.80. The van der Waals surface area contributed by atoms with Gasteiger partial charge >= 0.3 is 15.6 Å². The van der Waals surface area contributed by atoms with E-state index in [1.54, 1.807) is 0 Å². The van der Waals surface area contributed by atoms with Crippen molar-refractivity contribution in [1.29, 1.82) is 0 Å². The Bertz CT molecular complexity index is 469. The van der Waals surface area contributed by atoms with E-state index in [9.17, 15) is 13.2 Å². The van der Waals surface area contributed by atoms with Crippen LogP contribution in [0.1, 0.15) is 32.0 Å². The molecule has 1 heterocycles. The van der Waals surface area contributed by atoms with E-state index >= 15 is 0 Å². The molecule has 0 aliphatic rings. The van der Waals surface area contributed by atoms with Gasteiger partial charge in [0.2, 0.25) is 0 Å². The molecule has 19 heavy (non-hydrogen) atoms. The molecule has 0 fully saturated rings. The third kappa shape index (κ3) is 7.16. The topological polar surface area (TPSA) is 72.2 Å². The van der Waals surface area contributed by atoms with Crippen molar-refractivity contribution in [2.75, 3.05) is 0 Å². The molecule has 1 N–H and O–H groups in total. The lowest BCUT2D eigenvalue weighted by Crippen LogP contribution is -2.21. The van der Waals surface area contributed by atoms with Gasteiger partial charge in [-0.25, -0.2) is 4.98 Å². The van der Waals surface area contributed by atoms with Gasteiger partial charge in [-0.1, -0.05) is 19.8 Å². The van der Waals surface area contributed by atoms with E-state index in [1.807, 2.05) is 19.3 Å². The first-order chi connectivity index (χ1) is 8.59. The molecule has 1 rings (SSSR count). The molecule has 0 atom stereocenters. The number of hydrogen-bond donors (Lipinski definition) is 1. The van der Waals surface area contributed by atoms with Gasteiger partial charge in [0.25, 0.3) is 0 Å². The van der Waals surface area contributed by atoms with Crippen LogP contribution < -0.4 is 0 Å². The minimum absolute atomic E-state index is 1.12. The molecular weight excluding hydrogens is 285 g/mol. The second-order valence-corrected chi connectivity index (χ2v) is 5.21. The Hall–Kier alpha value is -1.09. The number of alkyl halides is 3. The van der Waals surface area contributed by atoms with E-state index in [4.69, 9.17) is 13.0 Å². The molecule has 1 aromatic heterocycles. The van der Waals surface area contributed by atoms with Crippen LogP contribution in [0.25, 0.3) is 0 Å². The summed E-state index contributed by atoms with van der Waals surface area (Å²) in [4.78, 5) is 4.16. The highest BCUT2D eigenvalue weighted by Crippen LogP contribution is 2.20. The minimum Gasteiger partial charge on any atom is -0.335 e. The van der Waals surface area contributed by atoms with Gasteiger partial charge in [-0.05, 0) is 13.3 Å². The quantitative estimate of drug-likeness (QED) is 0.527. The van der Waals surface area contributed by atoms with Crippen LogP contribution in [-0.4, -0.2) is 28.0 Å². The second-order valence-electron chi connectivity index (χ2n) is 3.80. The first kappa shape index (κ1) is 17.9. The van der Waals surface area contributed by atoms with Crippen LogP contribution in [0.3, 0.4) is 0 Å². The summed E-state index contributed by atoms with van der Waals surface area (Å²) in [5, 5.41) is 0. The second kappa shape index (κ2) is 7.49. The van der Waals surface area contributed by atoms with Crippen molar-refractivity contribution < 1.29 is 26.1 Å². The highest BCUT2D eigenvalue weighted by atomic mass is 32.2. The molecule has 0 bridgehead atoms. The zero-order valence-electron chi connectivity index (χ0n) is 10.7. The van der Waals surface area contributed by atoms with E-state index in [1.165, 1.54) is 19.3 Å². The fourth-order valence-corrected chi connectivity index (χ4v) is 1.17. The molecule has 0 saturated carbocycles. The van der Waals surface area contributed by atoms with Crippen LogP contribution in [0.2, 0.25) is 0 Å². The maximum Gasteiger partial charge on any atom is 0.522 e. The van der Waals surface area contributed by atoms with Gasteiger partial charge in [-0.3, -0.25) is 4.55 Å². The molecule has 0 saturated heterocycles. The molecule has 9 heteroatoms. The predicted molar refractivity (Wildman–Crippen MR) is 64.1 cm³/mol. The third-order valence-electron chi connectivity index (χ3n) is 2.22. The van der Waals surface area contributed by atoms with Crippen molar-refractivity contribution in [2.45, 2.75) is 45.2 Å². The van der Waals surface area contributed by atoms with Crippen molar-refractivity contribution in [3.8, 4) is 0 Å². The lowest BCUT2D eigenvalue weighted by molar-refractivity contribution is -0.0510. The van der Waals surface area contributed by atoms with Gasteiger partial charge in [0.1, 0.15) is 5.82 Å². The first-order valence-corrected chi connectivity index (χ1v) is 7.05. The van der Waals surface area contributed by atoms with Crippen LogP contribution >= 0.6 is 0 Å². The molecule has 0 aliphatic heterocycles. The summed E-state index contributed by atoms with van der Waals surface area (Å²) in [6, 6.07) is 0. The van der Waals surface area contributed by atoms with Gasteiger partial charge in [-0.15, -0.1) is 0 Å². The molecule has 0 radical (unpaired) electrons. The summed E-state index contributed by atoms with van der Waals surface area (Å²) in [6.45, 7) is 5.40. The molecule has 0 amide bonds. The molecule has 5 nitrogen and oxygen atoms in total. The Labute approximate surface area is 110 Å². The van der Waals surface area contributed by atoms with Crippen LogP contribution in [0.4, 0.5) is 13.2 Å². The summed E-state index contributed by atoms with van der Waals surface area (Å²) >= 11 is 0. The van der Waals surface area contributed by atoms with Gasteiger partial charge < -0.3 is 4.57 Å². The van der Waals surface area contributed by atoms with E-state index in [2.05, 4.69) is 16.5 Å². The van der Waals surface area contributed by atoms with E-state index in [-0.39, 0.29) is 0 Å². The summed E-state index contributed by atoms with van der Waals surface area (Å²) in [6.07, 6.45) is 7.78. The van der Waals surface area contributed by atoms with Crippen LogP contribution in [0.15, 0.2) is 12.4 Å². The molecule has 112 valence electrons. The van der Waals surface area contributed by atoms with Crippen molar-refractivity contribution in [2.24, 2.45) is 0 Å². The fraction of sp³-hybridized carbons (Fsp3) is 0.700. The van der Waals surface area contributed by atoms with Crippen molar-refractivity contribution >= 4 is 10.1 Å². The smallest absolute Gasteiger partial charge is 0.335 e. The van der Waals surface area contributed by atoms with Crippen molar-refractivity contribution in [3.05, 3.63) is 18.2 Å². The maximum atomic E-state index is 10.7. The number of imidazole rings is 1. The molecule has 0 aromatic carbocycles. The molecule has 0 spiro atoms. The van der Waals surface area contributed by atoms with Crippen LogP contribution in [0, 0.1) is 6.92 Å². The lowest BCUT2D eigenvalue weighted by atomic mass is 10.2. The standard InChI is InChI=1S/C9H16N2.CHF3O3S/c1-3-4-5-7-11-8-6-10-9(11)2;2-1(3,4)8(5,6)7/h6,8H,3-5,7H2,1-2H3;(H,5,6,7). The number of aryl methyl sites for hydroxylation is 2. The number of unbranched alkanes of at least 4 members (excludes halogenated alkanes) is 2. The Morgan fingerprint density at radius 1 is 1.37 bits per heavy atom. The van der Waals surface area contributed by atoms with E-state index < -0.39 is 15.6 Å². The summed E-state index contributed by atoms with van der Waals surface area (Å²) in [7, 11) is -5.84. The van der Waals surface area contributed by atoms with Crippen LogP contribution in [-0.2, 0) is 16.7 Å². The van der Waals surface area contributed by atoms with Crippen molar-refractivity contribution in [1.82, 2.24) is 9.55 Å². The van der Waals surface area contributed by atoms with Crippen LogP contribution in [0.5, 0.6) is 0 Å². The zero-order chi connectivity index (χ0) is 15.1. The zero-order valence-corrected chi connectivity index (χ0v) is 11.5. The summed E-state index contributed by atoms with van der Waals surface area (Å²) in [5.74, 6) is 1.13. The van der Waals surface area contributed by atoms with E-state index in [0.29, 0.717) is 0 Å². The van der Waals surface area contributed by atoms with E-state index in [0.717, 1.165) is 12.4 Å². The van der Waals surface area contributed by atoms with Crippen molar-refractivity contribution in [3.63, 3.8) is 0 Å². The number of hydrogen-bond acceptors (Lipinski definition) is 3. The highest BCUT2D eigenvalue weighted by Gasteiger charge is 2.44. The fourth-order valence-electron chi connectivity index (χ4n) is 1.17. The normalized spacial score (nSPS) is 11.9. The highest BCUT2D eigenvalue weighted by molar-refractivity contribution is 7.86. The average Bonchev–Trinajstić information content (AvgIpc) is 2.63. The molecule has 0 unspecified atom stereocenters. The first-order valence-electron chi connectivity index (χ1n) is 5.61. The summed E-state index contributed by atoms with van der Waals surface area (Å²) in [5.41, 5.74) is -5.53. The molecular formula is C10H17F3N2O3S. The average molecular weight is 302 g/mol. The predicted octanol–water partition coefficient (Wildman–Crippen LogP) is 2.78. The van der Waals surface area contributed by atoms with Gasteiger partial charge in [0.15, 0.2) is 0 Å². The Morgan fingerprint density at radius 3 is 2.21 bits per heavy atom. The van der Waals surface area contributed by atoms with Gasteiger partial charge in [0, 0.05) is 18.9 Å².